The zero-order chi connectivity index (χ0) is 24.3. The molecule has 0 amide bonds. The van der Waals surface area contributed by atoms with E-state index in [-0.39, 0.29) is 45.1 Å². The van der Waals surface area contributed by atoms with Crippen molar-refractivity contribution in [3.8, 4) is 34.1 Å². The molecule has 1 heterocycles. The van der Waals surface area contributed by atoms with Gasteiger partial charge in [-0.1, -0.05) is 6.07 Å². The molecule has 0 radical (unpaired) electrons. The van der Waals surface area contributed by atoms with E-state index >= 15 is 0 Å². The third kappa shape index (κ3) is 5.62. The normalized spacial score (nSPS) is 10.4. The van der Waals surface area contributed by atoms with Crippen LogP contribution >= 0.6 is 0 Å². The van der Waals surface area contributed by atoms with E-state index in [1.807, 2.05) is 0 Å². The van der Waals surface area contributed by atoms with Crippen molar-refractivity contribution in [2.45, 2.75) is 27.7 Å². The van der Waals surface area contributed by atoms with Crippen LogP contribution in [0.5, 0.6) is 23.0 Å². The number of benzene rings is 2. The van der Waals surface area contributed by atoms with E-state index < -0.39 is 29.5 Å². The Morgan fingerprint density at radius 3 is 1.85 bits per heavy atom. The van der Waals surface area contributed by atoms with Crippen molar-refractivity contribution < 1.29 is 42.5 Å². The van der Waals surface area contributed by atoms with E-state index in [4.69, 9.17) is 23.4 Å². The van der Waals surface area contributed by atoms with Crippen molar-refractivity contribution >= 4 is 34.8 Å². The first-order valence-corrected chi connectivity index (χ1v) is 9.53. The van der Waals surface area contributed by atoms with Crippen molar-refractivity contribution in [3.63, 3.8) is 0 Å². The number of esters is 4. The van der Waals surface area contributed by atoms with Gasteiger partial charge in [0, 0.05) is 39.8 Å². The average molecular weight is 454 g/mol. The van der Waals surface area contributed by atoms with Gasteiger partial charge in [0.1, 0.15) is 17.1 Å². The molecule has 0 aliphatic rings. The predicted molar refractivity (Wildman–Crippen MR) is 113 cm³/mol. The first-order valence-electron chi connectivity index (χ1n) is 9.53. The number of rotatable bonds is 5. The lowest BCUT2D eigenvalue weighted by atomic mass is 10.0. The fraction of sp³-hybridized carbons (Fsp3) is 0.174. The van der Waals surface area contributed by atoms with Crippen molar-refractivity contribution in [3.05, 3.63) is 46.8 Å². The lowest BCUT2D eigenvalue weighted by molar-refractivity contribution is -0.134. The molecule has 1 aromatic heterocycles. The maximum absolute atomic E-state index is 12.7. The van der Waals surface area contributed by atoms with Gasteiger partial charge in [0.15, 0.2) is 11.5 Å². The van der Waals surface area contributed by atoms with Gasteiger partial charge in [-0.25, -0.2) is 4.79 Å². The highest BCUT2D eigenvalue weighted by molar-refractivity contribution is 5.91. The SMILES string of the molecule is CC(=O)Oc1cc(OC(C)=O)c2cc(-c3ccc(OC(C)=O)c(OC(C)=O)c3)c(=O)oc2c1. The average Bonchev–Trinajstić information content (AvgIpc) is 2.67. The minimum atomic E-state index is -0.773. The molecule has 10 heteroatoms. The van der Waals surface area contributed by atoms with Gasteiger partial charge in [-0.15, -0.1) is 0 Å². The number of hydrogen-bond donors (Lipinski definition) is 0. The summed E-state index contributed by atoms with van der Waals surface area (Å²) in [6.07, 6.45) is 0. The molecule has 0 N–H and O–H groups in total. The third-order valence-electron chi connectivity index (χ3n) is 4.07. The summed E-state index contributed by atoms with van der Waals surface area (Å²) in [4.78, 5) is 58.4. The molecule has 0 aliphatic heterocycles. The van der Waals surface area contributed by atoms with Crippen LogP contribution in [-0.4, -0.2) is 23.9 Å². The molecular formula is C23H18O10. The van der Waals surface area contributed by atoms with Crippen LogP contribution in [0, 0.1) is 0 Å². The number of hydrogen-bond acceptors (Lipinski definition) is 10. The van der Waals surface area contributed by atoms with Crippen LogP contribution in [-0.2, 0) is 19.2 Å². The highest BCUT2D eigenvalue weighted by Crippen LogP contribution is 2.36. The number of fused-ring (bicyclic) bond motifs is 1. The van der Waals surface area contributed by atoms with E-state index in [9.17, 15) is 24.0 Å². The summed E-state index contributed by atoms with van der Waals surface area (Å²) in [5.74, 6) is -2.64. The summed E-state index contributed by atoms with van der Waals surface area (Å²) in [7, 11) is 0. The Morgan fingerprint density at radius 1 is 0.667 bits per heavy atom. The fourth-order valence-corrected chi connectivity index (χ4v) is 2.98. The van der Waals surface area contributed by atoms with Gasteiger partial charge < -0.3 is 23.4 Å². The molecule has 0 atom stereocenters. The molecule has 33 heavy (non-hydrogen) atoms. The molecule has 170 valence electrons. The highest BCUT2D eigenvalue weighted by Gasteiger charge is 2.18. The molecule has 3 aromatic rings. The molecule has 3 rings (SSSR count). The van der Waals surface area contributed by atoms with Gasteiger partial charge in [0.25, 0.3) is 0 Å². The lowest BCUT2D eigenvalue weighted by Gasteiger charge is -2.12. The summed E-state index contributed by atoms with van der Waals surface area (Å²) < 4.78 is 25.7. The van der Waals surface area contributed by atoms with E-state index in [2.05, 4.69) is 0 Å². The summed E-state index contributed by atoms with van der Waals surface area (Å²) >= 11 is 0. The molecule has 0 saturated heterocycles. The molecule has 2 aromatic carbocycles. The first-order chi connectivity index (χ1) is 15.5. The lowest BCUT2D eigenvalue weighted by Crippen LogP contribution is -2.09. The first kappa shape index (κ1) is 23.2. The van der Waals surface area contributed by atoms with E-state index in [1.54, 1.807) is 0 Å². The molecule has 10 nitrogen and oxygen atoms in total. The van der Waals surface area contributed by atoms with Crippen LogP contribution in [0.1, 0.15) is 27.7 Å². The zero-order valence-electron chi connectivity index (χ0n) is 18.0. The van der Waals surface area contributed by atoms with Crippen molar-refractivity contribution in [1.29, 1.82) is 0 Å². The second kappa shape index (κ2) is 9.35. The molecule has 0 unspecified atom stereocenters. The Labute approximate surface area is 186 Å². The Morgan fingerprint density at radius 2 is 1.24 bits per heavy atom. The van der Waals surface area contributed by atoms with Crippen molar-refractivity contribution in [2.24, 2.45) is 0 Å². The van der Waals surface area contributed by atoms with Gasteiger partial charge in [-0.2, -0.15) is 0 Å². The van der Waals surface area contributed by atoms with Crippen LogP contribution in [0.2, 0.25) is 0 Å². The standard InChI is InChI=1S/C23H18O10/c1-11(24)29-16-8-20(31-13(3)26)18-10-17(23(28)33-21(18)9-16)15-5-6-19(30-12(2)25)22(7-15)32-14(4)27/h5-10H,1-4H3. The van der Waals surface area contributed by atoms with Gasteiger partial charge >= 0.3 is 29.5 Å². The minimum absolute atomic E-state index is 0.00186. The summed E-state index contributed by atoms with van der Waals surface area (Å²) in [6, 6.07) is 8.18. The van der Waals surface area contributed by atoms with E-state index in [0.717, 1.165) is 0 Å². The maximum atomic E-state index is 12.7. The van der Waals surface area contributed by atoms with E-state index in [0.29, 0.717) is 0 Å². The summed E-state index contributed by atoms with van der Waals surface area (Å²) in [5.41, 5.74) is -0.449. The van der Waals surface area contributed by atoms with Gasteiger partial charge in [-0.05, 0) is 23.8 Å². The van der Waals surface area contributed by atoms with Crippen LogP contribution < -0.4 is 24.6 Å². The van der Waals surface area contributed by atoms with Crippen LogP contribution in [0.3, 0.4) is 0 Å². The second-order valence-electron chi connectivity index (χ2n) is 6.82. The maximum Gasteiger partial charge on any atom is 0.344 e. The quantitative estimate of drug-likeness (QED) is 0.321. The summed E-state index contributed by atoms with van der Waals surface area (Å²) in [5, 5.41) is 0.244. The molecule has 0 spiro atoms. The highest BCUT2D eigenvalue weighted by atomic mass is 16.6. The van der Waals surface area contributed by atoms with Crippen LogP contribution in [0.25, 0.3) is 22.1 Å². The smallest absolute Gasteiger partial charge is 0.344 e. The molecule has 0 fully saturated rings. The van der Waals surface area contributed by atoms with Crippen molar-refractivity contribution in [1.82, 2.24) is 0 Å². The van der Waals surface area contributed by atoms with Crippen molar-refractivity contribution in [2.75, 3.05) is 0 Å². The molecule has 0 bridgehead atoms. The molecule has 0 saturated carbocycles. The summed E-state index contributed by atoms with van der Waals surface area (Å²) in [6.45, 7) is 4.73. The zero-order valence-corrected chi connectivity index (χ0v) is 18.0. The fourth-order valence-electron chi connectivity index (χ4n) is 2.98. The largest absolute Gasteiger partial charge is 0.426 e. The minimum Gasteiger partial charge on any atom is -0.426 e. The topological polar surface area (TPSA) is 135 Å². The molecule has 0 aliphatic carbocycles. The Kier molecular flexibility index (Phi) is 6.57. The monoisotopic (exact) mass is 454 g/mol. The predicted octanol–water partition coefficient (Wildman–Crippen LogP) is 3.16. The number of carbonyl (C=O) groups excluding carboxylic acids is 4. The van der Waals surface area contributed by atoms with Gasteiger partial charge in [0.2, 0.25) is 0 Å². The Balaban J connectivity index is 2.20. The number of ether oxygens (including phenoxy) is 4. The second-order valence-corrected chi connectivity index (χ2v) is 6.82. The third-order valence-corrected chi connectivity index (χ3v) is 4.07. The Hall–Kier alpha value is -4.47. The van der Waals surface area contributed by atoms with Gasteiger partial charge in [0.05, 0.1) is 10.9 Å². The van der Waals surface area contributed by atoms with Crippen LogP contribution in [0.4, 0.5) is 0 Å². The Bertz CT molecular complexity index is 1350. The van der Waals surface area contributed by atoms with Crippen LogP contribution in [0.15, 0.2) is 45.6 Å². The molecular weight excluding hydrogens is 436 g/mol. The van der Waals surface area contributed by atoms with E-state index in [1.165, 1.54) is 64.1 Å². The number of carbonyl (C=O) groups is 4. The van der Waals surface area contributed by atoms with Gasteiger partial charge in [-0.3, -0.25) is 19.2 Å².